The Morgan fingerprint density at radius 2 is 1.60 bits per heavy atom. The van der Waals surface area contributed by atoms with Crippen LogP contribution in [0.15, 0.2) is 48.5 Å². The van der Waals surface area contributed by atoms with Crippen molar-refractivity contribution >= 4 is 17.5 Å². The number of halogens is 2. The molecule has 0 aliphatic carbocycles. The van der Waals surface area contributed by atoms with Gasteiger partial charge in [0, 0.05) is 19.2 Å². The van der Waals surface area contributed by atoms with Crippen molar-refractivity contribution in [3.8, 4) is 5.75 Å². The molecule has 0 radical (unpaired) electrons. The zero-order chi connectivity index (χ0) is 18.2. The molecule has 0 bridgehead atoms. The van der Waals surface area contributed by atoms with Crippen LogP contribution >= 0.6 is 0 Å². The number of hydrogen-bond acceptors (Lipinski definition) is 3. The molecule has 0 saturated carbocycles. The Balaban J connectivity index is 1.81. The van der Waals surface area contributed by atoms with Crippen LogP contribution < -0.4 is 15.4 Å². The number of nitrogens with one attached hydrogen (secondary N) is 2. The van der Waals surface area contributed by atoms with Gasteiger partial charge >= 0.3 is 6.61 Å². The Morgan fingerprint density at radius 3 is 2.16 bits per heavy atom. The summed E-state index contributed by atoms with van der Waals surface area (Å²) < 4.78 is 28.4. The first kappa shape index (κ1) is 18.4. The molecule has 0 unspecified atom stereocenters. The van der Waals surface area contributed by atoms with E-state index in [-0.39, 0.29) is 30.5 Å². The molecule has 0 aliphatic heterocycles. The zero-order valence-corrected chi connectivity index (χ0v) is 13.6. The minimum Gasteiger partial charge on any atom is -0.435 e. The van der Waals surface area contributed by atoms with Crippen molar-refractivity contribution in [1.29, 1.82) is 0 Å². The summed E-state index contributed by atoms with van der Waals surface area (Å²) in [5.74, 6) is -0.250. The third kappa shape index (κ3) is 6.58. The molecule has 2 amide bonds. The number of ether oxygens (including phenoxy) is 1. The van der Waals surface area contributed by atoms with E-state index in [1.807, 2.05) is 0 Å². The smallest absolute Gasteiger partial charge is 0.387 e. The maximum absolute atomic E-state index is 12.1. The molecule has 0 atom stereocenters. The van der Waals surface area contributed by atoms with Crippen molar-refractivity contribution in [2.75, 3.05) is 5.32 Å². The van der Waals surface area contributed by atoms with Gasteiger partial charge in [0.05, 0.1) is 6.42 Å². The molecule has 5 nitrogen and oxygen atoms in total. The fourth-order valence-corrected chi connectivity index (χ4v) is 2.15. The Morgan fingerprint density at radius 1 is 1.00 bits per heavy atom. The Labute approximate surface area is 144 Å². The van der Waals surface area contributed by atoms with Crippen LogP contribution in [0.3, 0.4) is 0 Å². The van der Waals surface area contributed by atoms with E-state index in [9.17, 15) is 18.4 Å². The van der Waals surface area contributed by atoms with E-state index in [0.29, 0.717) is 5.69 Å². The number of carbonyl (C=O) groups excluding carboxylic acids is 2. The number of rotatable bonds is 7. The second kappa shape index (κ2) is 8.77. The number of alkyl halides is 2. The molecule has 7 heteroatoms. The van der Waals surface area contributed by atoms with Gasteiger partial charge in [0.15, 0.2) is 0 Å². The van der Waals surface area contributed by atoms with E-state index in [0.717, 1.165) is 11.1 Å². The predicted molar refractivity (Wildman–Crippen MR) is 89.4 cm³/mol. The van der Waals surface area contributed by atoms with Crippen molar-refractivity contribution in [3.63, 3.8) is 0 Å². The van der Waals surface area contributed by atoms with Gasteiger partial charge in [-0.1, -0.05) is 24.3 Å². The van der Waals surface area contributed by atoms with E-state index in [1.54, 1.807) is 36.4 Å². The van der Waals surface area contributed by atoms with E-state index in [1.165, 1.54) is 19.1 Å². The summed E-state index contributed by atoms with van der Waals surface area (Å²) in [4.78, 5) is 22.9. The summed E-state index contributed by atoms with van der Waals surface area (Å²) in [7, 11) is 0. The second-order valence-electron chi connectivity index (χ2n) is 5.35. The first-order chi connectivity index (χ1) is 11.9. The SMILES string of the molecule is CC(=O)Nc1ccc(CC(=O)NCc2ccc(OC(F)F)cc2)cc1. The lowest BCUT2D eigenvalue weighted by molar-refractivity contribution is -0.120. The lowest BCUT2D eigenvalue weighted by Crippen LogP contribution is -2.24. The second-order valence-corrected chi connectivity index (χ2v) is 5.35. The van der Waals surface area contributed by atoms with Gasteiger partial charge in [0.2, 0.25) is 11.8 Å². The molecule has 132 valence electrons. The van der Waals surface area contributed by atoms with Crippen LogP contribution in [0.1, 0.15) is 18.1 Å². The van der Waals surface area contributed by atoms with Crippen LogP contribution in [0.5, 0.6) is 5.75 Å². The van der Waals surface area contributed by atoms with Gasteiger partial charge < -0.3 is 15.4 Å². The average molecular weight is 348 g/mol. The Bertz CT molecular complexity index is 716. The van der Waals surface area contributed by atoms with E-state index in [4.69, 9.17) is 0 Å². The fraction of sp³-hybridized carbons (Fsp3) is 0.222. The third-order valence-electron chi connectivity index (χ3n) is 3.28. The number of benzene rings is 2. The Hall–Kier alpha value is -2.96. The van der Waals surface area contributed by atoms with Gasteiger partial charge in [-0.15, -0.1) is 0 Å². The fourth-order valence-electron chi connectivity index (χ4n) is 2.15. The highest BCUT2D eigenvalue weighted by molar-refractivity contribution is 5.88. The van der Waals surface area contributed by atoms with Gasteiger partial charge in [0.25, 0.3) is 0 Å². The average Bonchev–Trinajstić information content (AvgIpc) is 2.55. The third-order valence-corrected chi connectivity index (χ3v) is 3.28. The van der Waals surface area contributed by atoms with Crippen LogP contribution in [0.4, 0.5) is 14.5 Å². The molecule has 25 heavy (non-hydrogen) atoms. The quantitative estimate of drug-likeness (QED) is 0.808. The molecule has 2 N–H and O–H groups in total. The molecule has 0 aromatic heterocycles. The minimum atomic E-state index is -2.86. The summed E-state index contributed by atoms with van der Waals surface area (Å²) in [5, 5.41) is 5.41. The van der Waals surface area contributed by atoms with Crippen LogP contribution in [-0.2, 0) is 22.6 Å². The lowest BCUT2D eigenvalue weighted by atomic mass is 10.1. The number of carbonyl (C=O) groups is 2. The molecular formula is C18H18F2N2O3. The normalized spacial score (nSPS) is 10.4. The largest absolute Gasteiger partial charge is 0.435 e. The van der Waals surface area contributed by atoms with Crippen molar-refractivity contribution in [1.82, 2.24) is 5.32 Å². The molecule has 2 aromatic carbocycles. The maximum Gasteiger partial charge on any atom is 0.387 e. The summed E-state index contributed by atoms with van der Waals surface area (Å²) in [6.07, 6.45) is 0.201. The summed E-state index contributed by atoms with van der Waals surface area (Å²) in [6.45, 7) is -1.15. The van der Waals surface area contributed by atoms with Crippen molar-refractivity contribution in [2.24, 2.45) is 0 Å². The first-order valence-electron chi connectivity index (χ1n) is 7.59. The van der Waals surface area contributed by atoms with Crippen molar-refractivity contribution in [2.45, 2.75) is 26.5 Å². The van der Waals surface area contributed by atoms with Crippen LogP contribution in [-0.4, -0.2) is 18.4 Å². The van der Waals surface area contributed by atoms with Gasteiger partial charge in [0.1, 0.15) is 5.75 Å². The van der Waals surface area contributed by atoms with Crippen molar-refractivity contribution in [3.05, 3.63) is 59.7 Å². The zero-order valence-electron chi connectivity index (χ0n) is 13.6. The highest BCUT2D eigenvalue weighted by Crippen LogP contribution is 2.15. The first-order valence-corrected chi connectivity index (χ1v) is 7.59. The number of hydrogen-bond donors (Lipinski definition) is 2. The molecule has 0 aliphatic rings. The summed E-state index contributed by atoms with van der Waals surface area (Å²) in [5.41, 5.74) is 2.26. The van der Waals surface area contributed by atoms with E-state index >= 15 is 0 Å². The molecule has 2 rings (SSSR count). The van der Waals surface area contributed by atoms with Gasteiger partial charge in [-0.05, 0) is 35.4 Å². The predicted octanol–water partition coefficient (Wildman–Crippen LogP) is 3.11. The van der Waals surface area contributed by atoms with Crippen molar-refractivity contribution < 1.29 is 23.1 Å². The van der Waals surface area contributed by atoms with Gasteiger partial charge in [-0.2, -0.15) is 8.78 Å². The van der Waals surface area contributed by atoms with Gasteiger partial charge in [-0.3, -0.25) is 9.59 Å². The topological polar surface area (TPSA) is 67.4 Å². The molecule has 2 aromatic rings. The standard InChI is InChI=1S/C18H18F2N2O3/c1-12(23)22-15-6-2-13(3-7-15)10-17(24)21-11-14-4-8-16(9-5-14)25-18(19)20/h2-9,18H,10-11H2,1H3,(H,21,24)(H,22,23). The van der Waals surface area contributed by atoms with Crippen LogP contribution in [0.25, 0.3) is 0 Å². The monoisotopic (exact) mass is 348 g/mol. The lowest BCUT2D eigenvalue weighted by Gasteiger charge is -2.08. The minimum absolute atomic E-state index is 0.0735. The van der Waals surface area contributed by atoms with E-state index < -0.39 is 6.61 Å². The number of anilines is 1. The highest BCUT2D eigenvalue weighted by Gasteiger charge is 2.06. The molecule has 0 heterocycles. The Kier molecular flexibility index (Phi) is 6.45. The van der Waals surface area contributed by atoms with Crippen LogP contribution in [0.2, 0.25) is 0 Å². The highest BCUT2D eigenvalue weighted by atomic mass is 19.3. The number of amides is 2. The summed E-state index contributed by atoms with van der Waals surface area (Å²) in [6, 6.07) is 13.1. The molecule has 0 fully saturated rings. The molecule has 0 spiro atoms. The van der Waals surface area contributed by atoms with Crippen LogP contribution in [0, 0.1) is 0 Å². The van der Waals surface area contributed by atoms with E-state index in [2.05, 4.69) is 15.4 Å². The molecular weight excluding hydrogens is 330 g/mol. The van der Waals surface area contributed by atoms with Gasteiger partial charge in [-0.25, -0.2) is 0 Å². The molecule has 0 saturated heterocycles. The summed E-state index contributed by atoms with van der Waals surface area (Å²) >= 11 is 0. The maximum atomic E-state index is 12.1.